The SMILES string of the molecule is COc1cc(CNCCC(C)C)ccc1OCC(=O)NC(C)(C)C.Cl. The monoisotopic (exact) mass is 372 g/mol. The molecule has 0 spiro atoms. The first-order valence-corrected chi connectivity index (χ1v) is 8.52. The van der Waals surface area contributed by atoms with E-state index in [4.69, 9.17) is 9.47 Å². The van der Waals surface area contributed by atoms with Crippen molar-refractivity contribution < 1.29 is 14.3 Å². The van der Waals surface area contributed by atoms with Gasteiger partial charge in [-0.3, -0.25) is 4.79 Å². The average Bonchev–Trinajstić information content (AvgIpc) is 2.48. The maximum atomic E-state index is 11.8. The minimum Gasteiger partial charge on any atom is -0.493 e. The Morgan fingerprint density at radius 3 is 2.44 bits per heavy atom. The Balaban J connectivity index is 0.00000576. The first-order chi connectivity index (χ1) is 11.2. The van der Waals surface area contributed by atoms with E-state index in [1.807, 2.05) is 39.0 Å². The molecule has 0 bridgehead atoms. The van der Waals surface area contributed by atoms with Crippen LogP contribution in [0, 0.1) is 5.92 Å². The van der Waals surface area contributed by atoms with Crippen LogP contribution >= 0.6 is 12.4 Å². The van der Waals surface area contributed by atoms with Crippen LogP contribution in [0.5, 0.6) is 11.5 Å². The largest absolute Gasteiger partial charge is 0.493 e. The summed E-state index contributed by atoms with van der Waals surface area (Å²) in [5.74, 6) is 1.76. The van der Waals surface area contributed by atoms with Crippen molar-refractivity contribution in [2.75, 3.05) is 20.3 Å². The first-order valence-electron chi connectivity index (χ1n) is 8.52. The number of hydrogen-bond donors (Lipinski definition) is 2. The lowest BCUT2D eigenvalue weighted by Crippen LogP contribution is -2.43. The van der Waals surface area contributed by atoms with Crippen molar-refractivity contribution in [3.05, 3.63) is 23.8 Å². The number of benzene rings is 1. The van der Waals surface area contributed by atoms with E-state index in [1.54, 1.807) is 7.11 Å². The fraction of sp³-hybridized carbons (Fsp3) is 0.632. The van der Waals surface area contributed by atoms with E-state index < -0.39 is 0 Å². The topological polar surface area (TPSA) is 59.6 Å². The van der Waals surface area contributed by atoms with Crippen LogP contribution in [-0.2, 0) is 11.3 Å². The van der Waals surface area contributed by atoms with Crippen molar-refractivity contribution in [2.24, 2.45) is 5.92 Å². The van der Waals surface area contributed by atoms with Crippen LogP contribution in [-0.4, -0.2) is 31.7 Å². The molecule has 0 aromatic heterocycles. The van der Waals surface area contributed by atoms with Crippen LogP contribution in [0.1, 0.15) is 46.6 Å². The Hall–Kier alpha value is -1.46. The summed E-state index contributed by atoms with van der Waals surface area (Å²) in [4.78, 5) is 11.8. The van der Waals surface area contributed by atoms with Gasteiger partial charge < -0.3 is 20.1 Å². The minimum atomic E-state index is -0.268. The number of methoxy groups -OCH3 is 1. The molecule has 25 heavy (non-hydrogen) atoms. The fourth-order valence-electron chi connectivity index (χ4n) is 2.16. The van der Waals surface area contributed by atoms with Gasteiger partial charge in [0.1, 0.15) is 0 Å². The number of amides is 1. The Bertz CT molecular complexity index is 528. The van der Waals surface area contributed by atoms with Crippen LogP contribution in [0.2, 0.25) is 0 Å². The lowest BCUT2D eigenvalue weighted by Gasteiger charge is -2.20. The van der Waals surface area contributed by atoms with Gasteiger partial charge in [-0.2, -0.15) is 0 Å². The first kappa shape index (κ1) is 23.5. The maximum Gasteiger partial charge on any atom is 0.258 e. The molecule has 0 aliphatic rings. The standard InChI is InChI=1S/C19H32N2O3.ClH/c1-14(2)9-10-20-12-15-7-8-16(17(11-15)23-6)24-13-18(22)21-19(3,4)5;/h7-8,11,14,20H,9-10,12-13H2,1-6H3,(H,21,22);1H. The molecule has 144 valence electrons. The fourth-order valence-corrected chi connectivity index (χ4v) is 2.16. The van der Waals surface area contributed by atoms with Crippen molar-refractivity contribution in [2.45, 2.75) is 53.1 Å². The third kappa shape index (κ3) is 10.2. The molecule has 1 rings (SSSR count). The molecule has 0 fully saturated rings. The smallest absolute Gasteiger partial charge is 0.258 e. The van der Waals surface area contributed by atoms with Crippen molar-refractivity contribution in [3.8, 4) is 11.5 Å². The number of hydrogen-bond acceptors (Lipinski definition) is 4. The zero-order valence-electron chi connectivity index (χ0n) is 16.3. The van der Waals surface area contributed by atoms with Gasteiger partial charge >= 0.3 is 0 Å². The number of ether oxygens (including phenoxy) is 2. The molecule has 0 aliphatic heterocycles. The average molecular weight is 373 g/mol. The Morgan fingerprint density at radius 1 is 1.20 bits per heavy atom. The van der Waals surface area contributed by atoms with E-state index in [1.165, 1.54) is 0 Å². The van der Waals surface area contributed by atoms with Gasteiger partial charge in [0.2, 0.25) is 0 Å². The van der Waals surface area contributed by atoms with Crippen LogP contribution in [0.25, 0.3) is 0 Å². The highest BCUT2D eigenvalue weighted by Gasteiger charge is 2.15. The van der Waals surface area contributed by atoms with Crippen LogP contribution in [0.15, 0.2) is 18.2 Å². The van der Waals surface area contributed by atoms with E-state index in [0.717, 1.165) is 25.1 Å². The zero-order chi connectivity index (χ0) is 18.2. The molecule has 2 N–H and O–H groups in total. The van der Waals surface area contributed by atoms with Gasteiger partial charge in [-0.25, -0.2) is 0 Å². The predicted octanol–water partition coefficient (Wildman–Crippen LogP) is 3.55. The van der Waals surface area contributed by atoms with Gasteiger partial charge in [0.15, 0.2) is 18.1 Å². The van der Waals surface area contributed by atoms with Crippen LogP contribution < -0.4 is 20.1 Å². The summed E-state index contributed by atoms with van der Waals surface area (Å²) in [6.07, 6.45) is 1.15. The van der Waals surface area contributed by atoms with E-state index in [2.05, 4.69) is 24.5 Å². The summed E-state index contributed by atoms with van der Waals surface area (Å²) in [6.45, 7) is 12.0. The molecule has 0 heterocycles. The van der Waals surface area contributed by atoms with E-state index in [0.29, 0.717) is 17.4 Å². The van der Waals surface area contributed by atoms with Crippen molar-refractivity contribution >= 4 is 18.3 Å². The van der Waals surface area contributed by atoms with Crippen LogP contribution in [0.3, 0.4) is 0 Å². The second-order valence-electron chi connectivity index (χ2n) is 7.43. The third-order valence-electron chi connectivity index (χ3n) is 3.33. The number of halogens is 1. The lowest BCUT2D eigenvalue weighted by molar-refractivity contribution is -0.124. The van der Waals surface area contributed by atoms with Gasteiger partial charge in [-0.1, -0.05) is 19.9 Å². The molecule has 0 unspecified atom stereocenters. The van der Waals surface area contributed by atoms with Gasteiger partial charge in [0, 0.05) is 12.1 Å². The molecule has 6 heteroatoms. The highest BCUT2D eigenvalue weighted by Crippen LogP contribution is 2.28. The van der Waals surface area contributed by atoms with Gasteiger partial charge in [0.05, 0.1) is 7.11 Å². The Labute approximate surface area is 158 Å². The van der Waals surface area contributed by atoms with Gasteiger partial charge in [0.25, 0.3) is 5.91 Å². The van der Waals surface area contributed by atoms with E-state index in [-0.39, 0.29) is 30.5 Å². The number of carbonyl (C=O) groups excluding carboxylic acids is 1. The quantitative estimate of drug-likeness (QED) is 0.651. The van der Waals surface area contributed by atoms with Crippen molar-refractivity contribution in [1.82, 2.24) is 10.6 Å². The summed E-state index contributed by atoms with van der Waals surface area (Å²) < 4.78 is 11.0. The van der Waals surface area contributed by atoms with Crippen LogP contribution in [0.4, 0.5) is 0 Å². The number of nitrogens with one attached hydrogen (secondary N) is 2. The lowest BCUT2D eigenvalue weighted by atomic mass is 10.1. The highest BCUT2D eigenvalue weighted by molar-refractivity contribution is 5.85. The van der Waals surface area contributed by atoms with Crippen molar-refractivity contribution in [3.63, 3.8) is 0 Å². The molecule has 1 aromatic carbocycles. The second-order valence-corrected chi connectivity index (χ2v) is 7.43. The summed E-state index contributed by atoms with van der Waals surface area (Å²) >= 11 is 0. The number of carbonyl (C=O) groups is 1. The van der Waals surface area contributed by atoms with Gasteiger partial charge in [-0.05, 0) is 57.4 Å². The molecular weight excluding hydrogens is 340 g/mol. The second kappa shape index (κ2) is 11.2. The minimum absolute atomic E-state index is 0. The molecular formula is C19H33ClN2O3. The molecule has 0 atom stereocenters. The molecule has 0 saturated carbocycles. The zero-order valence-corrected chi connectivity index (χ0v) is 17.1. The molecule has 0 radical (unpaired) electrons. The highest BCUT2D eigenvalue weighted by atomic mass is 35.5. The molecule has 1 amide bonds. The Kier molecular flexibility index (Phi) is 10.6. The van der Waals surface area contributed by atoms with Gasteiger partial charge in [-0.15, -0.1) is 12.4 Å². The van der Waals surface area contributed by atoms with Crippen molar-refractivity contribution in [1.29, 1.82) is 0 Å². The molecule has 0 aliphatic carbocycles. The van der Waals surface area contributed by atoms with E-state index in [9.17, 15) is 4.79 Å². The summed E-state index contributed by atoms with van der Waals surface area (Å²) in [5, 5.41) is 6.29. The predicted molar refractivity (Wildman–Crippen MR) is 105 cm³/mol. The molecule has 1 aromatic rings. The summed E-state index contributed by atoms with van der Waals surface area (Å²) in [5.41, 5.74) is 0.859. The Morgan fingerprint density at radius 2 is 1.88 bits per heavy atom. The van der Waals surface area contributed by atoms with E-state index >= 15 is 0 Å². The number of rotatable bonds is 9. The molecule has 0 saturated heterocycles. The normalized spacial score (nSPS) is 11.0. The maximum absolute atomic E-state index is 11.8. The summed E-state index contributed by atoms with van der Waals surface area (Å²) in [7, 11) is 1.60. The summed E-state index contributed by atoms with van der Waals surface area (Å²) in [6, 6.07) is 5.78. The third-order valence-corrected chi connectivity index (χ3v) is 3.33. The molecule has 5 nitrogen and oxygen atoms in total.